The number of aliphatic hydroxyl groups is 1. The summed E-state index contributed by atoms with van der Waals surface area (Å²) >= 11 is 0. The standard InChI is InChI=1S/C13H14O4/c1-9(14)12-8-4-6-10-5-2-3-7-11(10)13(12,15)17(12)16/h2-3,5,7,15H,4,6,8H2,1H3. The predicted molar refractivity (Wildman–Crippen MR) is 57.8 cm³/mol. The van der Waals surface area contributed by atoms with Crippen LogP contribution in [0.15, 0.2) is 24.3 Å². The molecule has 90 valence electrons. The van der Waals surface area contributed by atoms with Crippen LogP contribution in [0, 0.1) is 0 Å². The number of benzene rings is 1. The lowest BCUT2D eigenvalue weighted by Gasteiger charge is -2.10. The maximum atomic E-state index is 11.9. The number of Topliss-reactive ketones (excluding diaryl/α,β-unsaturated/α-hetero) is 1. The number of aryl methyl sites for hydroxylation is 1. The van der Waals surface area contributed by atoms with Gasteiger partial charge in [-0.1, -0.05) is 18.2 Å². The predicted octanol–water partition coefficient (Wildman–Crippen LogP) is 0.337. The van der Waals surface area contributed by atoms with Crippen molar-refractivity contribution in [2.45, 2.75) is 37.6 Å². The van der Waals surface area contributed by atoms with Crippen LogP contribution in [0.1, 0.15) is 30.9 Å². The third-order valence-electron chi connectivity index (χ3n) is 4.02. The molecule has 0 radical (unpaired) electrons. The largest absolute Gasteiger partial charge is 0.530 e. The summed E-state index contributed by atoms with van der Waals surface area (Å²) in [6, 6.07) is 7.28. The third-order valence-corrected chi connectivity index (χ3v) is 4.02. The van der Waals surface area contributed by atoms with E-state index in [1.165, 1.54) is 11.4 Å². The van der Waals surface area contributed by atoms with Gasteiger partial charge >= 0.3 is 11.4 Å². The Bertz CT molecular complexity index is 498. The Balaban J connectivity index is 2.20. The fourth-order valence-corrected chi connectivity index (χ4v) is 3.05. The van der Waals surface area contributed by atoms with Crippen LogP contribution in [0.2, 0.25) is 0 Å². The van der Waals surface area contributed by atoms with Crippen LogP contribution in [0.4, 0.5) is 0 Å². The van der Waals surface area contributed by atoms with E-state index in [1.807, 2.05) is 12.1 Å². The average molecular weight is 234 g/mol. The van der Waals surface area contributed by atoms with E-state index in [0.717, 1.165) is 18.4 Å². The molecule has 1 aromatic rings. The zero-order chi connectivity index (χ0) is 12.3. The third kappa shape index (κ3) is 1.06. The Morgan fingerprint density at radius 2 is 2.18 bits per heavy atom. The molecular weight excluding hydrogens is 220 g/mol. The summed E-state index contributed by atoms with van der Waals surface area (Å²) in [7, 11) is 0. The van der Waals surface area contributed by atoms with Gasteiger partial charge in [-0.05, 0) is 24.5 Å². The highest BCUT2D eigenvalue weighted by Gasteiger charge is 2.88. The van der Waals surface area contributed by atoms with Gasteiger partial charge in [0.05, 0.1) is 5.56 Å². The lowest BCUT2D eigenvalue weighted by atomic mass is 9.90. The molecule has 4 nitrogen and oxygen atoms in total. The summed E-state index contributed by atoms with van der Waals surface area (Å²) in [5.74, 6) is -2.00. The van der Waals surface area contributed by atoms with Crippen molar-refractivity contribution >= 4 is 5.78 Å². The molecule has 1 N–H and O–H groups in total. The smallest absolute Gasteiger partial charge is 0.393 e. The van der Waals surface area contributed by atoms with Crippen molar-refractivity contribution in [1.29, 1.82) is 0 Å². The second kappa shape index (κ2) is 3.16. The molecule has 2 aliphatic rings. The molecule has 1 aliphatic heterocycles. The minimum Gasteiger partial charge on any atom is -0.530 e. The second-order valence-corrected chi connectivity index (χ2v) is 4.81. The first-order chi connectivity index (χ1) is 8.05. The fourth-order valence-electron chi connectivity index (χ4n) is 3.05. The van der Waals surface area contributed by atoms with Gasteiger partial charge in [0, 0.05) is 13.3 Å². The number of carbonyl (C=O) groups excluding carboxylic acids is 1. The molecule has 0 saturated carbocycles. The molecule has 3 rings (SSSR count). The van der Waals surface area contributed by atoms with Gasteiger partial charge < -0.3 is 14.9 Å². The molecule has 0 bridgehead atoms. The number of ketones is 1. The molecule has 1 fully saturated rings. The van der Waals surface area contributed by atoms with Gasteiger partial charge in [-0.15, -0.1) is 0 Å². The first-order valence-electron chi connectivity index (χ1n) is 5.79. The van der Waals surface area contributed by atoms with Crippen molar-refractivity contribution in [1.82, 2.24) is 0 Å². The lowest BCUT2D eigenvalue weighted by molar-refractivity contribution is -0.766. The maximum Gasteiger partial charge on any atom is 0.393 e. The van der Waals surface area contributed by atoms with Crippen molar-refractivity contribution in [3.8, 4) is 0 Å². The van der Waals surface area contributed by atoms with Crippen LogP contribution in [0.25, 0.3) is 0 Å². The second-order valence-electron chi connectivity index (χ2n) is 4.81. The molecule has 17 heavy (non-hydrogen) atoms. The Morgan fingerprint density at radius 3 is 2.88 bits per heavy atom. The molecule has 0 aromatic heterocycles. The summed E-state index contributed by atoms with van der Waals surface area (Å²) < 4.78 is 1.45. The normalized spacial score (nSPS) is 35.7. The summed E-state index contributed by atoms with van der Waals surface area (Å²) in [6.07, 6.45) is 1.91. The van der Waals surface area contributed by atoms with Crippen molar-refractivity contribution in [3.05, 3.63) is 35.4 Å². The van der Waals surface area contributed by atoms with Gasteiger partial charge in [-0.3, -0.25) is 4.79 Å². The molecule has 2 unspecified atom stereocenters. The number of carbonyl (C=O) groups is 1. The zero-order valence-corrected chi connectivity index (χ0v) is 9.60. The van der Waals surface area contributed by atoms with Crippen molar-refractivity contribution in [2.75, 3.05) is 0 Å². The van der Waals surface area contributed by atoms with E-state index in [1.54, 1.807) is 12.1 Å². The number of hydrogen-bond acceptors (Lipinski definition) is 3. The molecule has 1 heterocycles. The van der Waals surface area contributed by atoms with Crippen LogP contribution >= 0.6 is 0 Å². The number of epoxide rings is 1. The first kappa shape index (κ1) is 10.9. The van der Waals surface area contributed by atoms with Crippen molar-refractivity contribution in [3.63, 3.8) is 0 Å². The summed E-state index contributed by atoms with van der Waals surface area (Å²) in [5, 5.41) is 22.4. The van der Waals surface area contributed by atoms with E-state index in [4.69, 9.17) is 0 Å². The average Bonchev–Trinajstić information content (AvgIpc) is 2.84. The van der Waals surface area contributed by atoms with Crippen LogP contribution in [0.3, 0.4) is 0 Å². The monoisotopic (exact) mass is 234 g/mol. The molecular formula is C13H14O4. The van der Waals surface area contributed by atoms with Crippen LogP contribution in [-0.4, -0.2) is 16.5 Å². The minimum absolute atomic E-state index is 0.281. The highest BCUT2D eigenvalue weighted by Crippen LogP contribution is 2.63. The van der Waals surface area contributed by atoms with Gasteiger partial charge in [-0.2, -0.15) is 0 Å². The molecule has 1 aliphatic carbocycles. The topological polar surface area (TPSA) is 63.1 Å². The Labute approximate surface area is 99.1 Å². The highest BCUT2D eigenvalue weighted by atomic mass is 17.3. The van der Waals surface area contributed by atoms with Gasteiger partial charge in [0.15, 0.2) is 0 Å². The van der Waals surface area contributed by atoms with E-state index in [0.29, 0.717) is 12.0 Å². The Hall–Kier alpha value is -1.23. The fraction of sp³-hybridized carbons (Fsp3) is 0.462. The molecule has 4 heteroatoms. The number of rotatable bonds is 1. The lowest BCUT2D eigenvalue weighted by Crippen LogP contribution is -2.31. The van der Waals surface area contributed by atoms with E-state index in [2.05, 4.69) is 0 Å². The SMILES string of the molecule is CC(=O)C12CCCc3ccccc3C1(O)[O+]2[O-]. The van der Waals surface area contributed by atoms with E-state index in [9.17, 15) is 15.2 Å². The molecule has 1 saturated heterocycles. The number of hydrogen-bond donors (Lipinski definition) is 1. The highest BCUT2D eigenvalue weighted by molar-refractivity contribution is 5.90. The Kier molecular flexibility index (Phi) is 2.03. The quantitative estimate of drug-likeness (QED) is 0.433. The van der Waals surface area contributed by atoms with Crippen LogP contribution in [0.5, 0.6) is 0 Å². The van der Waals surface area contributed by atoms with Gasteiger partial charge in [0.2, 0.25) is 5.78 Å². The molecule has 2 atom stereocenters. The van der Waals surface area contributed by atoms with Crippen molar-refractivity contribution < 1.29 is 19.7 Å². The van der Waals surface area contributed by atoms with Gasteiger partial charge in [-0.25, -0.2) is 0 Å². The first-order valence-corrected chi connectivity index (χ1v) is 5.79. The molecule has 0 amide bonds. The zero-order valence-electron chi connectivity index (χ0n) is 9.60. The van der Waals surface area contributed by atoms with Crippen LogP contribution in [-0.2, 0) is 21.5 Å². The van der Waals surface area contributed by atoms with Crippen molar-refractivity contribution in [2.24, 2.45) is 0 Å². The van der Waals surface area contributed by atoms with E-state index < -0.39 is 11.4 Å². The van der Waals surface area contributed by atoms with Gasteiger partial charge in [0.1, 0.15) is 0 Å². The van der Waals surface area contributed by atoms with Gasteiger partial charge in [0.25, 0.3) is 0 Å². The van der Waals surface area contributed by atoms with Crippen LogP contribution < -0.4 is 5.26 Å². The summed E-state index contributed by atoms with van der Waals surface area (Å²) in [6.45, 7) is 1.36. The number of fused-ring (bicyclic) bond motifs is 3. The molecule has 1 aromatic carbocycles. The van der Waals surface area contributed by atoms with E-state index >= 15 is 0 Å². The Morgan fingerprint density at radius 1 is 1.47 bits per heavy atom. The summed E-state index contributed by atoms with van der Waals surface area (Å²) in [4.78, 5) is 11.7. The maximum absolute atomic E-state index is 11.9. The molecule has 0 spiro atoms. The van der Waals surface area contributed by atoms with E-state index in [-0.39, 0.29) is 5.78 Å². The minimum atomic E-state index is -1.72. The summed E-state index contributed by atoms with van der Waals surface area (Å²) in [5.41, 5.74) is 0.191.